The summed E-state index contributed by atoms with van der Waals surface area (Å²) in [5.41, 5.74) is 1.27. The molecule has 0 aliphatic heterocycles. The molecule has 7 nitrogen and oxygen atoms in total. The second kappa shape index (κ2) is 8.79. The molecule has 25 heavy (non-hydrogen) atoms. The number of carboxylic acids is 1. The summed E-state index contributed by atoms with van der Waals surface area (Å²) in [6, 6.07) is 12.0. The number of rotatable bonds is 8. The normalized spacial score (nSPS) is 11.6. The number of benzene rings is 1. The van der Waals surface area contributed by atoms with Gasteiger partial charge in [-0.3, -0.25) is 4.79 Å². The molecule has 0 bridgehead atoms. The minimum Gasteiger partial charge on any atom is -0.480 e. The zero-order valence-electron chi connectivity index (χ0n) is 14.2. The molecule has 2 rings (SSSR count). The van der Waals surface area contributed by atoms with Gasteiger partial charge in [0.05, 0.1) is 5.56 Å². The fraction of sp³-hybridized carbons (Fsp3) is 0.278. The second-order valence-corrected chi connectivity index (χ2v) is 5.45. The molecule has 0 aliphatic rings. The van der Waals surface area contributed by atoms with E-state index in [1.165, 1.54) is 13.3 Å². The number of hydrogen-bond acceptors (Lipinski definition) is 5. The van der Waals surface area contributed by atoms with E-state index in [9.17, 15) is 9.59 Å². The summed E-state index contributed by atoms with van der Waals surface area (Å²) >= 11 is 0. The van der Waals surface area contributed by atoms with Crippen LogP contribution in [0.25, 0.3) is 0 Å². The van der Waals surface area contributed by atoms with Gasteiger partial charge < -0.3 is 20.1 Å². The number of carboxylic acid groups (broad SMARTS) is 1. The Morgan fingerprint density at radius 2 is 1.96 bits per heavy atom. The van der Waals surface area contributed by atoms with Crippen molar-refractivity contribution in [1.82, 2.24) is 10.3 Å². The first-order chi connectivity index (χ1) is 12.0. The van der Waals surface area contributed by atoms with Gasteiger partial charge in [-0.15, -0.1) is 0 Å². The van der Waals surface area contributed by atoms with Gasteiger partial charge in [0.1, 0.15) is 11.9 Å². The highest BCUT2D eigenvalue weighted by molar-refractivity contribution is 5.96. The zero-order valence-corrected chi connectivity index (χ0v) is 14.2. The van der Waals surface area contributed by atoms with Gasteiger partial charge in [0.25, 0.3) is 5.91 Å². The topological polar surface area (TPSA) is 91.8 Å². The van der Waals surface area contributed by atoms with Gasteiger partial charge >= 0.3 is 5.97 Å². The van der Waals surface area contributed by atoms with Crippen LogP contribution in [0.4, 0.5) is 11.5 Å². The average Bonchev–Trinajstić information content (AvgIpc) is 2.65. The lowest BCUT2D eigenvalue weighted by Gasteiger charge is -2.18. The summed E-state index contributed by atoms with van der Waals surface area (Å²) in [6.45, 7) is 0.246. The van der Waals surface area contributed by atoms with E-state index in [4.69, 9.17) is 9.84 Å². The lowest BCUT2D eigenvalue weighted by atomic mass is 10.2. The SMILES string of the molecule is COCCC(NC(=O)c1ccc(N(C)c2ccccc2)nc1)C(=O)O. The molecule has 0 radical (unpaired) electrons. The number of ether oxygens (including phenoxy) is 1. The fourth-order valence-electron chi connectivity index (χ4n) is 2.24. The third-order valence-corrected chi connectivity index (χ3v) is 3.71. The number of methoxy groups -OCH3 is 1. The van der Waals surface area contributed by atoms with E-state index in [0.717, 1.165) is 5.69 Å². The number of aliphatic carboxylic acids is 1. The molecule has 132 valence electrons. The van der Waals surface area contributed by atoms with Gasteiger partial charge in [-0.1, -0.05) is 18.2 Å². The van der Waals surface area contributed by atoms with Gasteiger partial charge in [0.15, 0.2) is 0 Å². The molecule has 1 unspecified atom stereocenters. The van der Waals surface area contributed by atoms with Crippen molar-refractivity contribution < 1.29 is 19.4 Å². The van der Waals surface area contributed by atoms with E-state index in [1.807, 2.05) is 42.3 Å². The predicted molar refractivity (Wildman–Crippen MR) is 94.1 cm³/mol. The highest BCUT2D eigenvalue weighted by atomic mass is 16.5. The van der Waals surface area contributed by atoms with Crippen molar-refractivity contribution in [3.05, 3.63) is 54.2 Å². The van der Waals surface area contributed by atoms with Crippen LogP contribution in [0.1, 0.15) is 16.8 Å². The Hall–Kier alpha value is -2.93. The molecule has 2 N–H and O–H groups in total. The minimum absolute atomic E-state index is 0.194. The number of aromatic nitrogens is 1. The summed E-state index contributed by atoms with van der Waals surface area (Å²) in [5, 5.41) is 11.6. The molecule has 1 aromatic carbocycles. The molecule has 0 spiro atoms. The first-order valence-electron chi connectivity index (χ1n) is 7.80. The summed E-state index contributed by atoms with van der Waals surface area (Å²) < 4.78 is 4.86. The summed E-state index contributed by atoms with van der Waals surface area (Å²) in [5.74, 6) is -0.902. The molecule has 2 aromatic rings. The monoisotopic (exact) mass is 343 g/mol. The number of carbonyl (C=O) groups is 2. The van der Waals surface area contributed by atoms with E-state index in [0.29, 0.717) is 11.4 Å². The van der Waals surface area contributed by atoms with E-state index in [1.54, 1.807) is 12.1 Å². The highest BCUT2D eigenvalue weighted by Gasteiger charge is 2.20. The molecule has 1 heterocycles. The number of amides is 1. The first-order valence-corrected chi connectivity index (χ1v) is 7.80. The van der Waals surface area contributed by atoms with Crippen LogP contribution in [0.2, 0.25) is 0 Å². The van der Waals surface area contributed by atoms with Crippen molar-refractivity contribution in [1.29, 1.82) is 0 Å². The first kappa shape index (κ1) is 18.4. The molecule has 0 aliphatic carbocycles. The van der Waals surface area contributed by atoms with E-state index in [2.05, 4.69) is 10.3 Å². The van der Waals surface area contributed by atoms with Gasteiger partial charge in [0, 0.05) is 39.1 Å². The van der Waals surface area contributed by atoms with E-state index < -0.39 is 17.9 Å². The minimum atomic E-state index is -1.10. The van der Waals surface area contributed by atoms with E-state index in [-0.39, 0.29) is 13.0 Å². The Bertz CT molecular complexity index is 704. The number of carbonyl (C=O) groups excluding carboxylic acids is 1. The maximum absolute atomic E-state index is 12.2. The molecular weight excluding hydrogens is 322 g/mol. The number of para-hydroxylation sites is 1. The Morgan fingerprint density at radius 1 is 1.24 bits per heavy atom. The Balaban J connectivity index is 2.05. The van der Waals surface area contributed by atoms with Crippen molar-refractivity contribution in [2.75, 3.05) is 25.7 Å². The standard InChI is InChI=1S/C18H21N3O4/c1-21(14-6-4-3-5-7-14)16-9-8-13(12-19-16)17(22)20-15(18(23)24)10-11-25-2/h3-9,12,15H,10-11H2,1-2H3,(H,20,22)(H,23,24). The van der Waals surface area contributed by atoms with Gasteiger partial charge in [-0.2, -0.15) is 0 Å². The number of pyridine rings is 1. The number of hydrogen-bond donors (Lipinski definition) is 2. The largest absolute Gasteiger partial charge is 0.480 e. The quantitative estimate of drug-likeness (QED) is 0.762. The Kier molecular flexibility index (Phi) is 6.47. The van der Waals surface area contributed by atoms with Crippen LogP contribution in [0.5, 0.6) is 0 Å². The van der Waals surface area contributed by atoms with Crippen LogP contribution < -0.4 is 10.2 Å². The van der Waals surface area contributed by atoms with Gasteiger partial charge in [-0.25, -0.2) is 9.78 Å². The lowest BCUT2D eigenvalue weighted by molar-refractivity contribution is -0.139. The molecule has 0 saturated heterocycles. The number of nitrogens with one attached hydrogen (secondary N) is 1. The van der Waals surface area contributed by atoms with Gasteiger partial charge in [0.2, 0.25) is 0 Å². The maximum atomic E-state index is 12.2. The van der Waals surface area contributed by atoms with Crippen molar-refractivity contribution in [3.8, 4) is 0 Å². The molecule has 1 atom stereocenters. The predicted octanol–water partition coefficient (Wildman–Crippen LogP) is 2.07. The van der Waals surface area contributed by atoms with Crippen LogP contribution in [0.15, 0.2) is 48.7 Å². The second-order valence-electron chi connectivity index (χ2n) is 5.45. The average molecular weight is 343 g/mol. The smallest absolute Gasteiger partial charge is 0.326 e. The molecular formula is C18H21N3O4. The highest BCUT2D eigenvalue weighted by Crippen LogP contribution is 2.20. The van der Waals surface area contributed by atoms with E-state index >= 15 is 0 Å². The molecule has 1 aromatic heterocycles. The maximum Gasteiger partial charge on any atom is 0.326 e. The zero-order chi connectivity index (χ0) is 18.2. The third kappa shape index (κ3) is 5.02. The summed E-state index contributed by atoms with van der Waals surface area (Å²) in [4.78, 5) is 29.6. The van der Waals surface area contributed by atoms with Crippen molar-refractivity contribution in [2.24, 2.45) is 0 Å². The van der Waals surface area contributed by atoms with Crippen LogP contribution >= 0.6 is 0 Å². The van der Waals surface area contributed by atoms with Crippen LogP contribution in [-0.4, -0.2) is 48.8 Å². The number of nitrogens with zero attached hydrogens (tertiary/aromatic N) is 2. The molecule has 0 saturated carbocycles. The number of anilines is 2. The van der Waals surface area contributed by atoms with Crippen molar-refractivity contribution in [2.45, 2.75) is 12.5 Å². The molecule has 0 fully saturated rings. The van der Waals surface area contributed by atoms with Crippen LogP contribution in [0, 0.1) is 0 Å². The lowest BCUT2D eigenvalue weighted by Crippen LogP contribution is -2.41. The van der Waals surface area contributed by atoms with Crippen molar-refractivity contribution >= 4 is 23.4 Å². The van der Waals surface area contributed by atoms with Crippen LogP contribution in [0.3, 0.4) is 0 Å². The third-order valence-electron chi connectivity index (χ3n) is 3.71. The van der Waals surface area contributed by atoms with Gasteiger partial charge in [-0.05, 0) is 24.3 Å². The Morgan fingerprint density at radius 3 is 2.52 bits per heavy atom. The van der Waals surface area contributed by atoms with Crippen LogP contribution in [-0.2, 0) is 9.53 Å². The van der Waals surface area contributed by atoms with Crippen molar-refractivity contribution in [3.63, 3.8) is 0 Å². The fourth-order valence-corrected chi connectivity index (χ4v) is 2.24. The summed E-state index contributed by atoms with van der Waals surface area (Å²) in [6.07, 6.45) is 1.62. The molecule has 7 heteroatoms. The Labute approximate surface area is 146 Å². The summed E-state index contributed by atoms with van der Waals surface area (Å²) in [7, 11) is 3.36. The molecule has 1 amide bonds.